The number of carbonyl (C=O) groups excluding carboxylic acids is 2. The van der Waals surface area contributed by atoms with Gasteiger partial charge in [0.15, 0.2) is 9.84 Å². The molecule has 1 saturated carbocycles. The molecular formula is C14H24N2O4S. The van der Waals surface area contributed by atoms with Gasteiger partial charge in [-0.25, -0.2) is 8.42 Å². The Labute approximate surface area is 126 Å². The van der Waals surface area contributed by atoms with E-state index >= 15 is 0 Å². The van der Waals surface area contributed by atoms with Crippen molar-refractivity contribution in [2.75, 3.05) is 12.3 Å². The normalized spacial score (nSPS) is 30.7. The molecule has 0 aromatic carbocycles. The Kier molecular flexibility index (Phi) is 4.08. The second kappa shape index (κ2) is 5.26. The summed E-state index contributed by atoms with van der Waals surface area (Å²) >= 11 is 0. The Morgan fingerprint density at radius 2 is 1.90 bits per heavy atom. The van der Waals surface area contributed by atoms with Crippen molar-refractivity contribution < 1.29 is 18.0 Å². The van der Waals surface area contributed by atoms with Crippen LogP contribution < -0.4 is 5.32 Å². The van der Waals surface area contributed by atoms with Gasteiger partial charge in [-0.05, 0) is 46.5 Å². The fraction of sp³-hybridized carbons (Fsp3) is 0.857. The average molecular weight is 316 g/mol. The molecule has 2 unspecified atom stereocenters. The molecule has 1 heterocycles. The van der Waals surface area contributed by atoms with Gasteiger partial charge in [0.25, 0.3) is 0 Å². The average Bonchev–Trinajstić information content (AvgIpc) is 3.20. The molecular weight excluding hydrogens is 292 g/mol. The highest BCUT2D eigenvalue weighted by Gasteiger charge is 2.54. The minimum absolute atomic E-state index is 0.0796. The highest BCUT2D eigenvalue weighted by molar-refractivity contribution is 7.92. The molecule has 1 saturated heterocycles. The van der Waals surface area contributed by atoms with Crippen molar-refractivity contribution in [1.82, 2.24) is 10.2 Å². The van der Waals surface area contributed by atoms with Gasteiger partial charge in [-0.15, -0.1) is 0 Å². The Bertz CT molecular complexity index is 553. The number of hydrogen-bond acceptors (Lipinski definition) is 4. The second-order valence-corrected chi connectivity index (χ2v) is 9.23. The van der Waals surface area contributed by atoms with E-state index in [-0.39, 0.29) is 30.0 Å². The predicted octanol–water partition coefficient (Wildman–Crippen LogP) is 0.325. The van der Waals surface area contributed by atoms with Gasteiger partial charge in [-0.2, -0.15) is 0 Å². The standard InChI is InChI=1S/C14H24N2O4S/c1-9(2)21(19,20)8-7-16-10(3)12(17)15-14(4,13(16)18)11-5-6-11/h9-11H,5-8H2,1-4H3,(H,15,17). The largest absolute Gasteiger partial charge is 0.340 e. The van der Waals surface area contributed by atoms with Crippen molar-refractivity contribution in [3.05, 3.63) is 0 Å². The van der Waals surface area contributed by atoms with E-state index in [1.807, 2.05) is 0 Å². The SMILES string of the molecule is CC1C(=O)NC(C)(C2CC2)C(=O)N1CCS(=O)(=O)C(C)C. The molecule has 21 heavy (non-hydrogen) atoms. The van der Waals surface area contributed by atoms with Crippen LogP contribution in [0.1, 0.15) is 40.5 Å². The molecule has 0 radical (unpaired) electrons. The van der Waals surface area contributed by atoms with Crippen LogP contribution in [0.15, 0.2) is 0 Å². The lowest BCUT2D eigenvalue weighted by Crippen LogP contribution is -2.69. The number of amides is 2. The maximum Gasteiger partial charge on any atom is 0.249 e. The first-order chi connectivity index (χ1) is 9.59. The lowest BCUT2D eigenvalue weighted by Gasteiger charge is -2.43. The highest BCUT2D eigenvalue weighted by atomic mass is 32.2. The molecule has 2 fully saturated rings. The van der Waals surface area contributed by atoms with E-state index in [4.69, 9.17) is 0 Å². The Morgan fingerprint density at radius 3 is 2.38 bits per heavy atom. The topological polar surface area (TPSA) is 83.6 Å². The summed E-state index contributed by atoms with van der Waals surface area (Å²) in [6, 6.07) is -0.619. The molecule has 0 bridgehead atoms. The summed E-state index contributed by atoms with van der Waals surface area (Å²) in [4.78, 5) is 26.2. The molecule has 2 rings (SSSR count). The molecule has 2 amide bonds. The molecule has 7 heteroatoms. The van der Waals surface area contributed by atoms with E-state index in [1.54, 1.807) is 27.7 Å². The summed E-state index contributed by atoms with van der Waals surface area (Å²) in [6.45, 7) is 6.72. The lowest BCUT2D eigenvalue weighted by molar-refractivity contribution is -0.154. The van der Waals surface area contributed by atoms with Crippen LogP contribution >= 0.6 is 0 Å². The van der Waals surface area contributed by atoms with Gasteiger partial charge < -0.3 is 10.2 Å². The van der Waals surface area contributed by atoms with Crippen molar-refractivity contribution in [2.24, 2.45) is 5.92 Å². The van der Waals surface area contributed by atoms with Crippen molar-refractivity contribution in [3.8, 4) is 0 Å². The van der Waals surface area contributed by atoms with Gasteiger partial charge in [0.1, 0.15) is 11.6 Å². The first-order valence-electron chi connectivity index (χ1n) is 7.44. The quantitative estimate of drug-likeness (QED) is 0.792. The van der Waals surface area contributed by atoms with E-state index in [0.717, 1.165) is 12.8 Å². The zero-order chi connectivity index (χ0) is 16.0. The van der Waals surface area contributed by atoms with E-state index in [2.05, 4.69) is 5.32 Å². The third kappa shape index (κ3) is 2.93. The van der Waals surface area contributed by atoms with Crippen LogP contribution in [0.3, 0.4) is 0 Å². The first-order valence-corrected chi connectivity index (χ1v) is 9.16. The molecule has 2 atom stereocenters. The van der Waals surface area contributed by atoms with Gasteiger partial charge in [0.2, 0.25) is 11.8 Å². The maximum atomic E-state index is 12.7. The lowest BCUT2D eigenvalue weighted by atomic mass is 9.90. The highest BCUT2D eigenvalue weighted by Crippen LogP contribution is 2.42. The van der Waals surface area contributed by atoms with Crippen LogP contribution in [0.2, 0.25) is 0 Å². The van der Waals surface area contributed by atoms with E-state index in [9.17, 15) is 18.0 Å². The van der Waals surface area contributed by atoms with Crippen molar-refractivity contribution in [2.45, 2.75) is 57.4 Å². The van der Waals surface area contributed by atoms with E-state index in [0.29, 0.717) is 0 Å². The maximum absolute atomic E-state index is 12.7. The number of hydrogen-bond donors (Lipinski definition) is 1. The third-order valence-corrected chi connectivity index (χ3v) is 6.85. The van der Waals surface area contributed by atoms with Crippen molar-refractivity contribution >= 4 is 21.7 Å². The number of nitrogens with zero attached hydrogens (tertiary/aromatic N) is 1. The number of sulfone groups is 1. The molecule has 6 nitrogen and oxygen atoms in total. The summed E-state index contributed by atoms with van der Waals surface area (Å²) in [5.74, 6) is -0.290. The van der Waals surface area contributed by atoms with Gasteiger partial charge >= 0.3 is 0 Å². The first kappa shape index (κ1) is 16.3. The molecule has 0 aromatic heterocycles. The van der Waals surface area contributed by atoms with Gasteiger partial charge in [0, 0.05) is 6.54 Å². The molecule has 1 aliphatic heterocycles. The zero-order valence-corrected chi connectivity index (χ0v) is 13.9. The van der Waals surface area contributed by atoms with Crippen molar-refractivity contribution in [3.63, 3.8) is 0 Å². The van der Waals surface area contributed by atoms with Crippen LogP contribution in [0.25, 0.3) is 0 Å². The summed E-state index contributed by atoms with van der Waals surface area (Å²) in [6.07, 6.45) is 1.85. The fourth-order valence-corrected chi connectivity index (χ4v) is 3.65. The number of nitrogens with one attached hydrogen (secondary N) is 1. The fourth-order valence-electron chi connectivity index (χ4n) is 2.72. The monoisotopic (exact) mass is 316 g/mol. The minimum atomic E-state index is -3.23. The molecule has 0 spiro atoms. The van der Waals surface area contributed by atoms with E-state index in [1.165, 1.54) is 4.90 Å². The van der Waals surface area contributed by atoms with Crippen LogP contribution in [0, 0.1) is 5.92 Å². The van der Waals surface area contributed by atoms with Crippen LogP contribution in [-0.2, 0) is 19.4 Å². The van der Waals surface area contributed by atoms with Crippen LogP contribution in [-0.4, -0.2) is 54.3 Å². The Morgan fingerprint density at radius 1 is 1.33 bits per heavy atom. The summed E-state index contributed by atoms with van der Waals surface area (Å²) in [7, 11) is -3.23. The molecule has 2 aliphatic rings. The number of carbonyl (C=O) groups is 2. The third-order valence-electron chi connectivity index (χ3n) is 4.66. The molecule has 1 aliphatic carbocycles. The predicted molar refractivity (Wildman–Crippen MR) is 79.4 cm³/mol. The number of piperazine rings is 1. The molecule has 120 valence electrons. The Hall–Kier alpha value is -1.11. The van der Waals surface area contributed by atoms with Crippen LogP contribution in [0.5, 0.6) is 0 Å². The summed E-state index contributed by atoms with van der Waals surface area (Å²) in [5.41, 5.74) is -0.870. The van der Waals surface area contributed by atoms with E-state index < -0.39 is 26.7 Å². The number of rotatable bonds is 5. The van der Waals surface area contributed by atoms with Gasteiger partial charge in [-0.1, -0.05) is 0 Å². The van der Waals surface area contributed by atoms with Gasteiger partial charge in [0.05, 0.1) is 11.0 Å². The molecule has 1 N–H and O–H groups in total. The minimum Gasteiger partial charge on any atom is -0.340 e. The van der Waals surface area contributed by atoms with Crippen LogP contribution in [0.4, 0.5) is 0 Å². The zero-order valence-electron chi connectivity index (χ0n) is 13.0. The molecule has 0 aromatic rings. The summed E-state index contributed by atoms with van der Waals surface area (Å²) < 4.78 is 23.9. The second-order valence-electron chi connectivity index (χ2n) is 6.56. The summed E-state index contributed by atoms with van der Waals surface area (Å²) in [5, 5.41) is 2.35. The Balaban J connectivity index is 2.16. The van der Waals surface area contributed by atoms with Crippen molar-refractivity contribution in [1.29, 1.82) is 0 Å². The smallest absolute Gasteiger partial charge is 0.249 e. The van der Waals surface area contributed by atoms with Gasteiger partial charge in [-0.3, -0.25) is 9.59 Å².